The Morgan fingerprint density at radius 1 is 1.24 bits per heavy atom. The molecule has 1 heterocycles. The second-order valence-electron chi connectivity index (χ2n) is 6.13. The van der Waals surface area contributed by atoms with Crippen molar-refractivity contribution in [2.24, 2.45) is 0 Å². The molecule has 1 aromatic heterocycles. The molecule has 3 rings (SSSR count). The van der Waals surface area contributed by atoms with E-state index < -0.39 is 5.82 Å². The van der Waals surface area contributed by atoms with Gasteiger partial charge in [-0.15, -0.1) is 16.8 Å². The van der Waals surface area contributed by atoms with E-state index in [0.29, 0.717) is 17.5 Å². The second-order valence-corrected chi connectivity index (χ2v) is 7.07. The number of halogens is 1. The SMILES string of the molecule is C=CCn1c(SCC(=O)Nc2ccccc2F)nnc1C(C)Oc1ccccc1. The van der Waals surface area contributed by atoms with Gasteiger partial charge in [0.2, 0.25) is 5.91 Å². The number of allylic oxidation sites excluding steroid dienone is 1. The van der Waals surface area contributed by atoms with E-state index in [0.717, 1.165) is 5.75 Å². The van der Waals surface area contributed by atoms with Crippen LogP contribution in [-0.4, -0.2) is 26.4 Å². The second kappa shape index (κ2) is 9.88. The number of para-hydroxylation sites is 2. The Kier molecular flexibility index (Phi) is 7.02. The summed E-state index contributed by atoms with van der Waals surface area (Å²) in [5.74, 6) is 0.618. The fourth-order valence-corrected chi connectivity index (χ4v) is 3.40. The zero-order valence-electron chi connectivity index (χ0n) is 15.9. The number of carbonyl (C=O) groups excluding carboxylic acids is 1. The summed E-state index contributed by atoms with van der Waals surface area (Å²) in [6.45, 7) is 6.13. The number of nitrogens with zero attached hydrogens (tertiary/aromatic N) is 3. The van der Waals surface area contributed by atoms with Crippen LogP contribution in [0.15, 0.2) is 72.4 Å². The number of amides is 1. The molecule has 0 aliphatic heterocycles. The van der Waals surface area contributed by atoms with E-state index in [1.165, 1.54) is 23.9 Å². The van der Waals surface area contributed by atoms with Crippen molar-refractivity contribution in [1.29, 1.82) is 0 Å². The van der Waals surface area contributed by atoms with Crippen LogP contribution in [0.2, 0.25) is 0 Å². The predicted octanol–water partition coefficient (Wildman–Crippen LogP) is 4.47. The zero-order chi connectivity index (χ0) is 20.6. The van der Waals surface area contributed by atoms with Crippen molar-refractivity contribution < 1.29 is 13.9 Å². The molecule has 2 aromatic carbocycles. The van der Waals surface area contributed by atoms with E-state index in [-0.39, 0.29) is 23.5 Å². The van der Waals surface area contributed by atoms with E-state index in [9.17, 15) is 9.18 Å². The van der Waals surface area contributed by atoms with Gasteiger partial charge in [-0.1, -0.05) is 48.2 Å². The average Bonchev–Trinajstić information content (AvgIpc) is 3.12. The summed E-state index contributed by atoms with van der Waals surface area (Å²) < 4.78 is 21.5. The lowest BCUT2D eigenvalue weighted by Gasteiger charge is -2.15. The lowest BCUT2D eigenvalue weighted by molar-refractivity contribution is -0.113. The van der Waals surface area contributed by atoms with Crippen LogP contribution in [-0.2, 0) is 11.3 Å². The summed E-state index contributed by atoms with van der Waals surface area (Å²) in [5, 5.41) is 11.5. The molecule has 1 atom stereocenters. The van der Waals surface area contributed by atoms with E-state index in [1.807, 2.05) is 41.8 Å². The van der Waals surface area contributed by atoms with E-state index in [1.54, 1.807) is 18.2 Å². The molecule has 0 spiro atoms. The Hall–Kier alpha value is -3.13. The van der Waals surface area contributed by atoms with E-state index in [4.69, 9.17) is 4.74 Å². The molecule has 6 nitrogen and oxygen atoms in total. The van der Waals surface area contributed by atoms with E-state index >= 15 is 0 Å². The van der Waals surface area contributed by atoms with Crippen LogP contribution in [0.1, 0.15) is 18.9 Å². The number of anilines is 1. The van der Waals surface area contributed by atoms with Crippen LogP contribution >= 0.6 is 11.8 Å². The van der Waals surface area contributed by atoms with Crippen molar-refractivity contribution in [1.82, 2.24) is 14.8 Å². The molecule has 0 aliphatic carbocycles. The highest BCUT2D eigenvalue weighted by Gasteiger charge is 2.20. The third-order valence-corrected chi connectivity index (χ3v) is 4.92. The highest BCUT2D eigenvalue weighted by Crippen LogP contribution is 2.25. The quantitative estimate of drug-likeness (QED) is 0.415. The van der Waals surface area contributed by atoms with Gasteiger partial charge in [-0.2, -0.15) is 0 Å². The summed E-state index contributed by atoms with van der Waals surface area (Å²) >= 11 is 1.22. The van der Waals surface area contributed by atoms with Crippen molar-refractivity contribution in [3.05, 3.63) is 78.9 Å². The maximum atomic E-state index is 13.7. The summed E-state index contributed by atoms with van der Waals surface area (Å²) in [7, 11) is 0. The highest BCUT2D eigenvalue weighted by atomic mass is 32.2. The molecule has 1 amide bonds. The Labute approximate surface area is 172 Å². The fourth-order valence-electron chi connectivity index (χ4n) is 2.64. The minimum Gasteiger partial charge on any atom is -0.483 e. The molecule has 0 radical (unpaired) electrons. The largest absolute Gasteiger partial charge is 0.483 e. The summed E-state index contributed by atoms with van der Waals surface area (Å²) in [4.78, 5) is 12.2. The molecule has 0 saturated carbocycles. The number of ether oxygens (including phenoxy) is 1. The predicted molar refractivity (Wildman–Crippen MR) is 111 cm³/mol. The summed E-state index contributed by atoms with van der Waals surface area (Å²) in [5.41, 5.74) is 0.149. The Bertz CT molecular complexity index is 978. The minimum atomic E-state index is -0.477. The third kappa shape index (κ3) is 5.45. The van der Waals surface area contributed by atoms with Gasteiger partial charge in [0, 0.05) is 6.54 Å². The van der Waals surface area contributed by atoms with Crippen LogP contribution < -0.4 is 10.1 Å². The number of aromatic nitrogens is 3. The van der Waals surface area contributed by atoms with Gasteiger partial charge in [0.25, 0.3) is 0 Å². The molecule has 3 aromatic rings. The number of thioether (sulfide) groups is 1. The topological polar surface area (TPSA) is 69.0 Å². The number of hydrogen-bond acceptors (Lipinski definition) is 5. The molecular weight excluding hydrogens is 391 g/mol. The first-order chi connectivity index (χ1) is 14.1. The molecule has 0 saturated heterocycles. The van der Waals surface area contributed by atoms with Gasteiger partial charge < -0.3 is 10.1 Å². The first kappa shape index (κ1) is 20.6. The zero-order valence-corrected chi connectivity index (χ0v) is 16.7. The van der Waals surface area contributed by atoms with Gasteiger partial charge in [-0.05, 0) is 31.2 Å². The normalized spacial score (nSPS) is 11.7. The highest BCUT2D eigenvalue weighted by molar-refractivity contribution is 7.99. The molecule has 0 bridgehead atoms. The lowest BCUT2D eigenvalue weighted by Crippen LogP contribution is -2.16. The molecule has 1 unspecified atom stereocenters. The minimum absolute atomic E-state index is 0.0670. The first-order valence-corrected chi connectivity index (χ1v) is 10.00. The van der Waals surface area contributed by atoms with Gasteiger partial charge in [0.1, 0.15) is 11.6 Å². The Balaban J connectivity index is 1.67. The molecule has 0 aliphatic rings. The van der Waals surface area contributed by atoms with Crippen LogP contribution in [0, 0.1) is 5.82 Å². The molecule has 1 N–H and O–H groups in total. The third-order valence-electron chi connectivity index (χ3n) is 3.96. The molecule has 29 heavy (non-hydrogen) atoms. The summed E-state index contributed by atoms with van der Waals surface area (Å²) in [6, 6.07) is 15.5. The smallest absolute Gasteiger partial charge is 0.234 e. The van der Waals surface area contributed by atoms with Crippen LogP contribution in [0.25, 0.3) is 0 Å². The molecule has 150 valence electrons. The standard InChI is InChI=1S/C21H21FN4O2S/c1-3-13-26-20(15(2)28-16-9-5-4-6-10-16)24-25-21(26)29-14-19(27)23-18-12-8-7-11-17(18)22/h3-12,15H,1,13-14H2,2H3,(H,23,27). The van der Waals surface area contributed by atoms with Gasteiger partial charge in [-0.3, -0.25) is 9.36 Å². The summed E-state index contributed by atoms with van der Waals surface area (Å²) in [6.07, 6.45) is 1.39. The Morgan fingerprint density at radius 3 is 2.69 bits per heavy atom. The van der Waals surface area contributed by atoms with Crippen molar-refractivity contribution >= 4 is 23.4 Å². The van der Waals surface area contributed by atoms with Crippen molar-refractivity contribution in [2.45, 2.75) is 24.7 Å². The van der Waals surface area contributed by atoms with Crippen LogP contribution in [0.3, 0.4) is 0 Å². The number of rotatable bonds is 9. The fraction of sp³-hybridized carbons (Fsp3) is 0.190. The molecule has 0 fully saturated rings. The number of benzene rings is 2. The van der Waals surface area contributed by atoms with Crippen molar-refractivity contribution in [2.75, 3.05) is 11.1 Å². The first-order valence-electron chi connectivity index (χ1n) is 9.01. The van der Waals surface area contributed by atoms with Gasteiger partial charge >= 0.3 is 0 Å². The van der Waals surface area contributed by atoms with Gasteiger partial charge in [0.15, 0.2) is 17.1 Å². The number of hydrogen-bond donors (Lipinski definition) is 1. The molecule has 8 heteroatoms. The molecular formula is C21H21FN4O2S. The monoisotopic (exact) mass is 412 g/mol. The van der Waals surface area contributed by atoms with Crippen molar-refractivity contribution in [3.8, 4) is 5.75 Å². The van der Waals surface area contributed by atoms with Crippen LogP contribution in [0.4, 0.5) is 10.1 Å². The van der Waals surface area contributed by atoms with Gasteiger partial charge in [0.05, 0.1) is 11.4 Å². The van der Waals surface area contributed by atoms with Crippen molar-refractivity contribution in [3.63, 3.8) is 0 Å². The van der Waals surface area contributed by atoms with E-state index in [2.05, 4.69) is 22.1 Å². The maximum absolute atomic E-state index is 13.7. The lowest BCUT2D eigenvalue weighted by atomic mass is 10.3. The maximum Gasteiger partial charge on any atom is 0.234 e. The number of carbonyl (C=O) groups is 1. The number of nitrogens with one attached hydrogen (secondary N) is 1. The average molecular weight is 412 g/mol. The Morgan fingerprint density at radius 2 is 1.97 bits per heavy atom. The van der Waals surface area contributed by atoms with Crippen LogP contribution in [0.5, 0.6) is 5.75 Å². The van der Waals surface area contributed by atoms with Gasteiger partial charge in [-0.25, -0.2) is 4.39 Å².